The molecule has 0 unspecified atom stereocenters. The number of carbonyl (C=O) groups excluding carboxylic acids is 2. The molecule has 0 radical (unpaired) electrons. The van der Waals surface area contributed by atoms with Crippen LogP contribution in [-0.4, -0.2) is 55.6 Å². The van der Waals surface area contributed by atoms with Gasteiger partial charge in [-0.15, -0.1) is 0 Å². The zero-order chi connectivity index (χ0) is 24.2. The SMILES string of the molecule is CC(C)CN1C(=O)/C(=C2/C(=O)N(CCc3ccccc3)C(=S)N2CCc2ccccc2)SC1=S. The summed E-state index contributed by atoms with van der Waals surface area (Å²) in [6, 6.07) is 20.1. The standard InChI is InChI=1S/C26H27N3O2S3/c1-18(2)17-29-24(31)22(34-26(29)33)21-23(30)28(16-14-20-11-7-4-8-12-20)25(32)27(21)15-13-19-9-5-3-6-10-19/h3-12,18H,13-17H2,1-2H3/b22-21+. The van der Waals surface area contributed by atoms with Gasteiger partial charge in [-0.1, -0.05) is 98.5 Å². The Morgan fingerprint density at radius 2 is 1.29 bits per heavy atom. The van der Waals surface area contributed by atoms with Gasteiger partial charge in [0.15, 0.2) is 5.11 Å². The maximum Gasteiger partial charge on any atom is 0.278 e. The Labute approximate surface area is 215 Å². The Hall–Kier alpha value is -2.55. The van der Waals surface area contributed by atoms with Crippen molar-refractivity contribution < 1.29 is 9.59 Å². The first kappa shape index (κ1) is 24.6. The number of thioether (sulfide) groups is 1. The van der Waals surface area contributed by atoms with Crippen molar-refractivity contribution >= 4 is 57.4 Å². The van der Waals surface area contributed by atoms with E-state index in [1.54, 1.807) is 9.80 Å². The lowest BCUT2D eigenvalue weighted by atomic mass is 10.1. The van der Waals surface area contributed by atoms with Gasteiger partial charge in [0.25, 0.3) is 11.8 Å². The van der Waals surface area contributed by atoms with Crippen LogP contribution in [0.1, 0.15) is 25.0 Å². The smallest absolute Gasteiger partial charge is 0.278 e. The Kier molecular flexibility index (Phi) is 7.80. The molecule has 2 fully saturated rings. The summed E-state index contributed by atoms with van der Waals surface area (Å²) in [7, 11) is 0. The van der Waals surface area contributed by atoms with Gasteiger partial charge in [-0.25, -0.2) is 0 Å². The third-order valence-electron chi connectivity index (χ3n) is 5.73. The summed E-state index contributed by atoms with van der Waals surface area (Å²) >= 11 is 12.5. The Morgan fingerprint density at radius 1 is 0.765 bits per heavy atom. The molecule has 0 aromatic heterocycles. The van der Waals surface area contributed by atoms with E-state index >= 15 is 0 Å². The number of nitrogens with zero attached hydrogens (tertiary/aromatic N) is 3. The largest absolute Gasteiger partial charge is 0.312 e. The van der Waals surface area contributed by atoms with Crippen LogP contribution in [0.3, 0.4) is 0 Å². The topological polar surface area (TPSA) is 43.9 Å². The van der Waals surface area contributed by atoms with Crippen molar-refractivity contribution in [1.82, 2.24) is 14.7 Å². The van der Waals surface area contributed by atoms with Crippen molar-refractivity contribution in [3.05, 3.63) is 82.4 Å². The van der Waals surface area contributed by atoms with Gasteiger partial charge >= 0.3 is 0 Å². The third-order valence-corrected chi connectivity index (χ3v) is 7.60. The van der Waals surface area contributed by atoms with E-state index < -0.39 is 0 Å². The average Bonchev–Trinajstić information content (AvgIpc) is 3.23. The van der Waals surface area contributed by atoms with Crippen molar-refractivity contribution in [2.75, 3.05) is 19.6 Å². The molecule has 0 bridgehead atoms. The van der Waals surface area contributed by atoms with Crippen LogP contribution in [-0.2, 0) is 22.4 Å². The third kappa shape index (κ3) is 5.24. The molecule has 2 aliphatic heterocycles. The van der Waals surface area contributed by atoms with E-state index in [2.05, 4.69) is 12.1 Å². The summed E-state index contributed by atoms with van der Waals surface area (Å²) in [5.74, 6) is -0.160. The molecule has 176 valence electrons. The second-order valence-corrected chi connectivity index (χ2v) is 10.7. The predicted octanol–water partition coefficient (Wildman–Crippen LogP) is 4.63. The monoisotopic (exact) mass is 509 g/mol. The maximum absolute atomic E-state index is 13.6. The molecule has 0 atom stereocenters. The summed E-state index contributed by atoms with van der Waals surface area (Å²) in [5, 5.41) is 0.445. The molecule has 0 saturated carbocycles. The van der Waals surface area contributed by atoms with E-state index in [9.17, 15) is 9.59 Å². The molecule has 0 N–H and O–H groups in total. The van der Waals surface area contributed by atoms with Crippen molar-refractivity contribution in [3.8, 4) is 0 Å². The van der Waals surface area contributed by atoms with E-state index in [0.29, 0.717) is 52.5 Å². The van der Waals surface area contributed by atoms with E-state index in [0.717, 1.165) is 11.1 Å². The van der Waals surface area contributed by atoms with Gasteiger partial charge in [0.1, 0.15) is 14.9 Å². The Balaban J connectivity index is 1.63. The Bertz CT molecular complexity index is 1130. The molecule has 2 amide bonds. The number of thiocarbonyl (C=S) groups is 2. The minimum Gasteiger partial charge on any atom is -0.312 e. The van der Waals surface area contributed by atoms with Crippen LogP contribution >= 0.6 is 36.2 Å². The predicted molar refractivity (Wildman–Crippen MR) is 145 cm³/mol. The molecule has 0 aliphatic carbocycles. The minimum atomic E-state index is -0.223. The van der Waals surface area contributed by atoms with Gasteiger partial charge < -0.3 is 4.90 Å². The van der Waals surface area contributed by atoms with E-state index in [-0.39, 0.29) is 17.7 Å². The zero-order valence-electron chi connectivity index (χ0n) is 19.3. The Morgan fingerprint density at radius 3 is 1.82 bits per heavy atom. The normalized spacial score (nSPS) is 18.7. The first-order valence-electron chi connectivity index (χ1n) is 11.4. The first-order valence-corrected chi connectivity index (χ1v) is 13.0. The molecule has 2 heterocycles. The lowest BCUT2D eigenvalue weighted by Crippen LogP contribution is -2.35. The van der Waals surface area contributed by atoms with Crippen molar-refractivity contribution in [2.24, 2.45) is 5.92 Å². The molecule has 5 nitrogen and oxygen atoms in total. The quantitative estimate of drug-likeness (QED) is 0.382. The second-order valence-electron chi connectivity index (χ2n) is 8.72. The fraction of sp³-hybridized carbons (Fsp3) is 0.308. The molecule has 4 rings (SSSR count). The number of hydrogen-bond acceptors (Lipinski definition) is 5. The molecule has 34 heavy (non-hydrogen) atoms. The van der Waals surface area contributed by atoms with Crippen LogP contribution in [0.5, 0.6) is 0 Å². The van der Waals surface area contributed by atoms with Gasteiger partial charge in [0.2, 0.25) is 0 Å². The molecular formula is C26H27N3O2S3. The van der Waals surface area contributed by atoms with Crippen LogP contribution in [0.25, 0.3) is 0 Å². The van der Waals surface area contributed by atoms with Crippen LogP contribution in [0.15, 0.2) is 71.3 Å². The molecule has 0 spiro atoms. The lowest BCUT2D eigenvalue weighted by molar-refractivity contribution is -0.125. The molecule has 8 heteroatoms. The van der Waals surface area contributed by atoms with Crippen molar-refractivity contribution in [3.63, 3.8) is 0 Å². The van der Waals surface area contributed by atoms with Crippen LogP contribution in [0.2, 0.25) is 0 Å². The lowest BCUT2D eigenvalue weighted by Gasteiger charge is -2.21. The fourth-order valence-corrected chi connectivity index (χ4v) is 5.73. The fourth-order valence-electron chi connectivity index (χ4n) is 4.03. The van der Waals surface area contributed by atoms with E-state index in [1.807, 2.05) is 67.3 Å². The van der Waals surface area contributed by atoms with Crippen LogP contribution in [0.4, 0.5) is 0 Å². The number of rotatable bonds is 8. The zero-order valence-corrected chi connectivity index (χ0v) is 21.7. The number of hydrogen-bond donors (Lipinski definition) is 0. The summed E-state index contributed by atoms with van der Waals surface area (Å²) in [4.78, 5) is 32.4. The van der Waals surface area contributed by atoms with Gasteiger partial charge in [0.05, 0.1) is 0 Å². The number of amides is 2. The summed E-state index contributed by atoms with van der Waals surface area (Å²) in [6.07, 6.45) is 1.39. The highest BCUT2D eigenvalue weighted by molar-refractivity contribution is 8.26. The van der Waals surface area contributed by atoms with Crippen molar-refractivity contribution in [2.45, 2.75) is 26.7 Å². The molecule has 2 aromatic rings. The molecular weight excluding hydrogens is 483 g/mol. The van der Waals surface area contributed by atoms with Gasteiger partial charge in [-0.2, -0.15) is 0 Å². The minimum absolute atomic E-state index is 0.204. The molecule has 2 aliphatic rings. The highest BCUT2D eigenvalue weighted by Gasteiger charge is 2.45. The van der Waals surface area contributed by atoms with Gasteiger partial charge in [-0.3, -0.25) is 19.4 Å². The van der Waals surface area contributed by atoms with E-state index in [1.165, 1.54) is 11.8 Å². The van der Waals surface area contributed by atoms with Gasteiger partial charge in [0, 0.05) is 19.6 Å². The molecule has 2 saturated heterocycles. The highest BCUT2D eigenvalue weighted by atomic mass is 32.2. The second kappa shape index (κ2) is 10.8. The highest BCUT2D eigenvalue weighted by Crippen LogP contribution is 2.38. The number of benzene rings is 2. The van der Waals surface area contributed by atoms with Crippen LogP contribution < -0.4 is 0 Å². The maximum atomic E-state index is 13.6. The summed E-state index contributed by atoms with van der Waals surface area (Å²) < 4.78 is 0.491. The number of carbonyl (C=O) groups is 2. The van der Waals surface area contributed by atoms with Gasteiger partial charge in [-0.05, 0) is 42.1 Å². The summed E-state index contributed by atoms with van der Waals surface area (Å²) in [5.41, 5.74) is 2.63. The van der Waals surface area contributed by atoms with Crippen molar-refractivity contribution in [1.29, 1.82) is 0 Å². The average molecular weight is 510 g/mol. The van der Waals surface area contributed by atoms with Crippen LogP contribution in [0, 0.1) is 5.92 Å². The van der Waals surface area contributed by atoms with E-state index in [4.69, 9.17) is 24.4 Å². The first-order chi connectivity index (χ1) is 16.4. The molecule has 2 aromatic carbocycles. The summed E-state index contributed by atoms with van der Waals surface area (Å²) in [6.45, 7) is 5.58.